The van der Waals surface area contributed by atoms with Gasteiger partial charge in [0.2, 0.25) is 5.69 Å². The molecule has 8 aromatic carbocycles. The van der Waals surface area contributed by atoms with Crippen molar-refractivity contribution >= 4 is 71.1 Å². The second-order valence-electron chi connectivity index (χ2n) is 13.9. The molecule has 0 saturated carbocycles. The summed E-state index contributed by atoms with van der Waals surface area (Å²) in [6.45, 7) is 8.34. The highest BCUT2D eigenvalue weighted by atomic mass is 15.1. The maximum absolute atomic E-state index is 10.2. The molecule has 0 atom stereocenters. The van der Waals surface area contributed by atoms with Gasteiger partial charge in [-0.25, -0.2) is 4.85 Å². The topological polar surface area (TPSA) is 42.9 Å². The highest BCUT2D eigenvalue weighted by molar-refractivity contribution is 6.16. The summed E-state index contributed by atoms with van der Waals surface area (Å²) in [6.07, 6.45) is 0. The Hall–Kier alpha value is -7.86. The van der Waals surface area contributed by atoms with Gasteiger partial charge < -0.3 is 13.7 Å². The van der Waals surface area contributed by atoms with E-state index in [1.54, 1.807) is 0 Å². The monoisotopic (exact) mass is 699 g/mol. The molecule has 0 amide bonds. The molecule has 0 fully saturated rings. The first kappa shape index (κ1) is 30.7. The minimum absolute atomic E-state index is 0.540. The van der Waals surface area contributed by atoms with Gasteiger partial charge in [-0.1, -0.05) is 121 Å². The van der Waals surface area contributed by atoms with Crippen LogP contribution in [0.25, 0.3) is 98.5 Å². The smallest absolute Gasteiger partial charge is 0.211 e. The Morgan fingerprint density at radius 2 is 1.02 bits per heavy atom. The number of nitrogens with zero attached hydrogens (tertiary/aromatic N) is 5. The summed E-state index contributed by atoms with van der Waals surface area (Å²) in [4.78, 5) is 4.07. The van der Waals surface area contributed by atoms with Crippen LogP contribution in [-0.4, -0.2) is 13.7 Å². The fourth-order valence-electron chi connectivity index (χ4n) is 8.89. The van der Waals surface area contributed by atoms with Crippen molar-refractivity contribution in [1.29, 1.82) is 5.26 Å². The van der Waals surface area contributed by atoms with Gasteiger partial charge in [0.25, 0.3) is 0 Å². The Morgan fingerprint density at radius 1 is 0.473 bits per heavy atom. The van der Waals surface area contributed by atoms with Crippen LogP contribution in [0.1, 0.15) is 5.56 Å². The van der Waals surface area contributed by atoms with Crippen LogP contribution >= 0.6 is 0 Å². The van der Waals surface area contributed by atoms with Crippen LogP contribution in [0.2, 0.25) is 0 Å². The lowest BCUT2D eigenvalue weighted by atomic mass is 10.0. The van der Waals surface area contributed by atoms with Gasteiger partial charge in [0.15, 0.2) is 0 Å². The summed E-state index contributed by atoms with van der Waals surface area (Å²) >= 11 is 0. The minimum Gasteiger partial charge on any atom is -0.318 e. The summed E-state index contributed by atoms with van der Waals surface area (Å²) in [6, 6.07) is 63.6. The first-order chi connectivity index (χ1) is 27.2. The van der Waals surface area contributed by atoms with E-state index in [0.29, 0.717) is 11.3 Å². The highest BCUT2D eigenvalue weighted by Crippen LogP contribution is 2.43. The number of nitriles is 1. The largest absolute Gasteiger partial charge is 0.318 e. The van der Waals surface area contributed by atoms with Gasteiger partial charge in [-0.05, 0) is 65.7 Å². The predicted octanol–water partition coefficient (Wildman–Crippen LogP) is 13.1. The lowest BCUT2D eigenvalue weighted by molar-refractivity contribution is 1.13. The van der Waals surface area contributed by atoms with E-state index in [1.165, 1.54) is 21.5 Å². The molecule has 0 aliphatic carbocycles. The number of fused-ring (bicyclic) bond motifs is 9. The molecule has 0 saturated heterocycles. The Balaban J connectivity index is 1.21. The zero-order valence-corrected chi connectivity index (χ0v) is 29.5. The van der Waals surface area contributed by atoms with E-state index in [9.17, 15) is 5.26 Å². The van der Waals surface area contributed by atoms with Crippen LogP contribution in [0.4, 0.5) is 5.69 Å². The molecular weight excluding hydrogens is 671 g/mol. The third kappa shape index (κ3) is 4.33. The zero-order chi connectivity index (χ0) is 36.6. The minimum atomic E-state index is 0.540. The number of hydrogen-bond acceptors (Lipinski definition) is 1. The van der Waals surface area contributed by atoms with Crippen LogP contribution in [0, 0.1) is 17.9 Å². The average Bonchev–Trinajstić information content (AvgIpc) is 3.89. The first-order valence-electron chi connectivity index (χ1n) is 18.3. The fraction of sp³-hybridized carbons (Fsp3) is 0. The molecule has 3 heterocycles. The quantitative estimate of drug-likeness (QED) is 0.169. The molecule has 0 bridgehead atoms. The predicted molar refractivity (Wildman–Crippen MR) is 226 cm³/mol. The second kappa shape index (κ2) is 11.8. The van der Waals surface area contributed by atoms with Crippen molar-refractivity contribution in [2.75, 3.05) is 0 Å². The van der Waals surface area contributed by atoms with Crippen molar-refractivity contribution in [3.63, 3.8) is 0 Å². The normalized spacial score (nSPS) is 11.6. The van der Waals surface area contributed by atoms with Crippen molar-refractivity contribution in [1.82, 2.24) is 13.7 Å². The number of hydrogen-bond donors (Lipinski definition) is 0. The zero-order valence-electron chi connectivity index (χ0n) is 29.5. The van der Waals surface area contributed by atoms with Crippen molar-refractivity contribution in [2.45, 2.75) is 0 Å². The molecule has 0 N–H and O–H groups in total. The molecule has 11 aromatic rings. The number of rotatable bonds is 4. The Morgan fingerprint density at radius 3 is 1.71 bits per heavy atom. The van der Waals surface area contributed by atoms with Gasteiger partial charge in [-0.2, -0.15) is 5.26 Å². The van der Waals surface area contributed by atoms with Gasteiger partial charge in [-0.3, -0.25) is 0 Å². The molecule has 0 unspecified atom stereocenters. The summed E-state index contributed by atoms with van der Waals surface area (Å²) in [7, 11) is 0. The lowest BCUT2D eigenvalue weighted by Crippen LogP contribution is -2.01. The maximum Gasteiger partial charge on any atom is 0.211 e. The molecule has 5 nitrogen and oxygen atoms in total. The number of para-hydroxylation sites is 6. The molecule has 3 aromatic heterocycles. The Bertz CT molecular complexity index is 3420. The fourth-order valence-corrected chi connectivity index (χ4v) is 8.89. The Kier molecular flexibility index (Phi) is 6.61. The molecule has 254 valence electrons. The van der Waals surface area contributed by atoms with Crippen LogP contribution in [0.15, 0.2) is 176 Å². The standard InChI is InChI=1S/C50H29N5/c1-52-41-23-12-21-35(49(41)55-45-27-9-5-20-40(45)48-33(31-51)15-11-28-46(48)55)32-14-10-16-34(30-32)53-42-24-6-4-19-38(42)39-22-13-29-47(50(39)53)54-43-25-7-2-17-36(43)37-18-3-8-26-44(37)54/h2-30H. The number of aromatic nitrogens is 3. The van der Waals surface area contributed by atoms with E-state index in [2.05, 4.69) is 158 Å². The molecule has 0 spiro atoms. The summed E-state index contributed by atoms with van der Waals surface area (Å²) in [5.41, 5.74) is 12.4. The number of benzene rings is 8. The van der Waals surface area contributed by atoms with Crippen LogP contribution < -0.4 is 0 Å². The molecule has 55 heavy (non-hydrogen) atoms. The highest BCUT2D eigenvalue weighted by Gasteiger charge is 2.23. The second-order valence-corrected chi connectivity index (χ2v) is 13.9. The maximum atomic E-state index is 10.2. The van der Waals surface area contributed by atoms with Gasteiger partial charge in [-0.15, -0.1) is 0 Å². The van der Waals surface area contributed by atoms with E-state index in [0.717, 1.165) is 72.1 Å². The van der Waals surface area contributed by atoms with Gasteiger partial charge in [0.1, 0.15) is 0 Å². The lowest BCUT2D eigenvalue weighted by Gasteiger charge is -2.18. The summed E-state index contributed by atoms with van der Waals surface area (Å²) in [5, 5.41) is 16.8. The van der Waals surface area contributed by atoms with Crippen LogP contribution in [0.5, 0.6) is 0 Å². The van der Waals surface area contributed by atoms with E-state index >= 15 is 0 Å². The van der Waals surface area contributed by atoms with Gasteiger partial charge in [0.05, 0.1) is 62.7 Å². The first-order valence-corrected chi connectivity index (χ1v) is 18.3. The van der Waals surface area contributed by atoms with Gasteiger partial charge >= 0.3 is 0 Å². The van der Waals surface area contributed by atoms with Crippen molar-refractivity contribution in [3.8, 4) is 34.3 Å². The molecule has 0 aliphatic heterocycles. The third-order valence-corrected chi connectivity index (χ3v) is 11.1. The molecular formula is C50H29N5. The summed E-state index contributed by atoms with van der Waals surface area (Å²) in [5.74, 6) is 0. The van der Waals surface area contributed by atoms with Gasteiger partial charge in [0, 0.05) is 38.0 Å². The van der Waals surface area contributed by atoms with E-state index in [-0.39, 0.29) is 0 Å². The van der Waals surface area contributed by atoms with Crippen molar-refractivity contribution in [2.24, 2.45) is 0 Å². The van der Waals surface area contributed by atoms with E-state index in [4.69, 9.17) is 6.57 Å². The van der Waals surface area contributed by atoms with E-state index in [1.807, 2.05) is 42.5 Å². The van der Waals surface area contributed by atoms with Crippen molar-refractivity contribution in [3.05, 3.63) is 193 Å². The SMILES string of the molecule is [C-]#[N+]c1cccc(-c2cccc(-n3c4ccccc4c4cccc(-n5c6ccccc6c6ccccc65)c43)c2)c1-n1c2ccccc2c2c(C#N)cccc21. The van der Waals surface area contributed by atoms with Crippen molar-refractivity contribution < 1.29 is 0 Å². The molecule has 0 radical (unpaired) electrons. The average molecular weight is 700 g/mol. The summed E-state index contributed by atoms with van der Waals surface area (Å²) < 4.78 is 6.97. The van der Waals surface area contributed by atoms with Crippen LogP contribution in [0.3, 0.4) is 0 Å². The third-order valence-electron chi connectivity index (χ3n) is 11.1. The van der Waals surface area contributed by atoms with Crippen LogP contribution in [-0.2, 0) is 0 Å². The molecule has 5 heteroatoms. The van der Waals surface area contributed by atoms with E-state index < -0.39 is 0 Å². The molecule has 11 rings (SSSR count). The Labute approximate surface area is 316 Å². The molecule has 0 aliphatic rings.